The lowest BCUT2D eigenvalue weighted by molar-refractivity contribution is -0.134. The largest absolute Gasteiger partial charge is 0.342 e. The van der Waals surface area contributed by atoms with Crippen LogP contribution >= 0.6 is 0 Å². The topological polar surface area (TPSA) is 49.4 Å². The fraction of sp³-hybridized carbons (Fsp3) is 0.300. The molecule has 2 aromatic carbocycles. The number of carbonyl (C=O) groups excluding carboxylic acids is 2. The second kappa shape index (κ2) is 7.92. The maximum Gasteiger partial charge on any atom is 0.229 e. The number of likely N-dealkylation sites (tertiary alicyclic amines) is 1. The maximum absolute atomic E-state index is 13.7. The van der Waals surface area contributed by atoms with E-state index in [0.717, 1.165) is 18.5 Å². The van der Waals surface area contributed by atoms with Crippen LogP contribution in [0.2, 0.25) is 0 Å². The average Bonchev–Trinajstić information content (AvgIpc) is 2.64. The van der Waals surface area contributed by atoms with Crippen LogP contribution in [-0.4, -0.2) is 29.8 Å². The molecule has 5 heteroatoms. The van der Waals surface area contributed by atoms with Crippen molar-refractivity contribution in [1.29, 1.82) is 0 Å². The van der Waals surface area contributed by atoms with Gasteiger partial charge in [0.05, 0.1) is 12.3 Å². The summed E-state index contributed by atoms with van der Waals surface area (Å²) in [6.45, 7) is 0.994. The highest BCUT2D eigenvalue weighted by Gasteiger charge is 2.28. The Bertz CT molecular complexity index is 748. The predicted molar refractivity (Wildman–Crippen MR) is 94.5 cm³/mol. The number of halogens is 1. The number of piperidine rings is 1. The third-order valence-electron chi connectivity index (χ3n) is 4.49. The number of anilines is 1. The third kappa shape index (κ3) is 4.44. The zero-order valence-corrected chi connectivity index (χ0v) is 14.0. The molecule has 0 aliphatic carbocycles. The Hall–Kier alpha value is -2.69. The molecule has 1 fully saturated rings. The van der Waals surface area contributed by atoms with Gasteiger partial charge in [0.15, 0.2) is 0 Å². The van der Waals surface area contributed by atoms with Crippen LogP contribution in [-0.2, 0) is 16.0 Å². The van der Waals surface area contributed by atoms with Crippen molar-refractivity contribution < 1.29 is 14.0 Å². The van der Waals surface area contributed by atoms with Gasteiger partial charge in [0, 0.05) is 18.8 Å². The van der Waals surface area contributed by atoms with Crippen molar-refractivity contribution >= 4 is 17.5 Å². The third-order valence-corrected chi connectivity index (χ3v) is 4.49. The molecule has 1 aliphatic heterocycles. The van der Waals surface area contributed by atoms with E-state index in [9.17, 15) is 14.0 Å². The van der Waals surface area contributed by atoms with E-state index < -0.39 is 0 Å². The Morgan fingerprint density at radius 1 is 1.08 bits per heavy atom. The number of nitrogens with one attached hydrogen (secondary N) is 1. The summed E-state index contributed by atoms with van der Waals surface area (Å²) in [6.07, 6.45) is 1.55. The molecule has 3 rings (SSSR count). The molecular weight excluding hydrogens is 319 g/mol. The molecule has 4 nitrogen and oxygen atoms in total. The number of hydrogen-bond donors (Lipinski definition) is 1. The van der Waals surface area contributed by atoms with Gasteiger partial charge in [-0.3, -0.25) is 9.59 Å². The van der Waals surface area contributed by atoms with E-state index in [0.29, 0.717) is 18.7 Å². The van der Waals surface area contributed by atoms with Crippen LogP contribution in [0, 0.1) is 11.7 Å². The zero-order chi connectivity index (χ0) is 17.6. The van der Waals surface area contributed by atoms with Gasteiger partial charge in [0.1, 0.15) is 5.82 Å². The van der Waals surface area contributed by atoms with Crippen molar-refractivity contribution in [2.45, 2.75) is 19.3 Å². The molecule has 0 saturated carbocycles. The molecule has 1 aliphatic rings. The Kier molecular flexibility index (Phi) is 5.43. The summed E-state index contributed by atoms with van der Waals surface area (Å²) in [5.41, 5.74) is 1.14. The first-order valence-corrected chi connectivity index (χ1v) is 8.50. The maximum atomic E-state index is 13.7. The second-order valence-electron chi connectivity index (χ2n) is 6.30. The van der Waals surface area contributed by atoms with E-state index in [2.05, 4.69) is 5.32 Å². The highest BCUT2D eigenvalue weighted by Crippen LogP contribution is 2.20. The second-order valence-corrected chi connectivity index (χ2v) is 6.30. The van der Waals surface area contributed by atoms with Gasteiger partial charge in [0.2, 0.25) is 11.8 Å². The van der Waals surface area contributed by atoms with Crippen LogP contribution in [0.4, 0.5) is 10.1 Å². The number of amides is 2. The summed E-state index contributed by atoms with van der Waals surface area (Å²) < 4.78 is 13.7. The van der Waals surface area contributed by atoms with Gasteiger partial charge in [-0.05, 0) is 36.6 Å². The molecule has 25 heavy (non-hydrogen) atoms. The van der Waals surface area contributed by atoms with Crippen molar-refractivity contribution in [1.82, 2.24) is 4.90 Å². The minimum atomic E-state index is -0.369. The molecule has 0 unspecified atom stereocenters. The van der Waals surface area contributed by atoms with Gasteiger partial charge in [-0.15, -0.1) is 0 Å². The van der Waals surface area contributed by atoms with E-state index in [1.54, 1.807) is 23.1 Å². The van der Waals surface area contributed by atoms with Crippen LogP contribution in [0.5, 0.6) is 0 Å². The Balaban J connectivity index is 1.59. The smallest absolute Gasteiger partial charge is 0.229 e. The average molecular weight is 340 g/mol. The van der Waals surface area contributed by atoms with E-state index >= 15 is 0 Å². The van der Waals surface area contributed by atoms with Gasteiger partial charge in [-0.2, -0.15) is 0 Å². The minimum Gasteiger partial charge on any atom is -0.342 e. The first kappa shape index (κ1) is 17.1. The normalized spacial score (nSPS) is 17.2. The fourth-order valence-corrected chi connectivity index (χ4v) is 3.10. The van der Waals surface area contributed by atoms with E-state index in [1.807, 2.05) is 30.3 Å². The molecule has 2 amide bonds. The van der Waals surface area contributed by atoms with Crippen molar-refractivity contribution in [2.75, 3.05) is 18.4 Å². The van der Waals surface area contributed by atoms with Crippen molar-refractivity contribution in [3.63, 3.8) is 0 Å². The number of carbonyl (C=O) groups is 2. The summed E-state index contributed by atoms with van der Waals surface area (Å²) in [4.78, 5) is 26.6. The summed E-state index contributed by atoms with van der Waals surface area (Å²) in [5.74, 6) is -0.818. The molecule has 1 saturated heterocycles. The van der Waals surface area contributed by atoms with Crippen LogP contribution in [0.3, 0.4) is 0 Å². The Morgan fingerprint density at radius 2 is 1.80 bits per heavy atom. The summed E-state index contributed by atoms with van der Waals surface area (Å²) >= 11 is 0. The lowest BCUT2D eigenvalue weighted by Crippen LogP contribution is -2.44. The van der Waals surface area contributed by atoms with Crippen molar-refractivity contribution in [3.05, 3.63) is 66.0 Å². The standard InChI is InChI=1S/C20H21FN2O2/c21-18-11-5-4-7-15(18)13-19(24)23-12-6-8-16(14-23)20(25)22-17-9-2-1-3-10-17/h1-5,7,9-11,16H,6,8,12-14H2,(H,22,25)/t16-/m1/s1. The van der Waals surface area contributed by atoms with Gasteiger partial charge in [0.25, 0.3) is 0 Å². The molecule has 0 spiro atoms. The summed E-state index contributed by atoms with van der Waals surface area (Å²) in [5, 5.41) is 2.89. The molecule has 2 aromatic rings. The van der Waals surface area contributed by atoms with Crippen LogP contribution in [0.25, 0.3) is 0 Å². The monoisotopic (exact) mass is 340 g/mol. The summed E-state index contributed by atoms with van der Waals surface area (Å²) in [7, 11) is 0. The van der Waals surface area contributed by atoms with Gasteiger partial charge >= 0.3 is 0 Å². The van der Waals surface area contributed by atoms with Crippen molar-refractivity contribution in [3.8, 4) is 0 Å². The molecule has 1 N–H and O–H groups in total. The number of para-hydroxylation sites is 1. The van der Waals surface area contributed by atoms with E-state index in [1.165, 1.54) is 6.07 Å². The first-order chi connectivity index (χ1) is 12.1. The van der Waals surface area contributed by atoms with Gasteiger partial charge in [-0.1, -0.05) is 36.4 Å². The Morgan fingerprint density at radius 3 is 2.56 bits per heavy atom. The number of rotatable bonds is 4. The highest BCUT2D eigenvalue weighted by atomic mass is 19.1. The lowest BCUT2D eigenvalue weighted by Gasteiger charge is -2.32. The molecular formula is C20H21FN2O2. The summed E-state index contributed by atoms with van der Waals surface area (Å²) in [6, 6.07) is 15.6. The lowest BCUT2D eigenvalue weighted by atomic mass is 9.96. The predicted octanol–water partition coefficient (Wildman–Crippen LogP) is 3.25. The molecule has 0 bridgehead atoms. The molecule has 1 atom stereocenters. The Labute approximate surface area is 146 Å². The SMILES string of the molecule is O=C(Nc1ccccc1)[C@@H]1CCCN(C(=O)Cc2ccccc2F)C1. The fourth-order valence-electron chi connectivity index (χ4n) is 3.10. The molecule has 130 valence electrons. The molecule has 1 heterocycles. The van der Waals surface area contributed by atoms with Gasteiger partial charge in [-0.25, -0.2) is 4.39 Å². The number of benzene rings is 2. The van der Waals surface area contributed by atoms with E-state index in [-0.39, 0.29) is 30.0 Å². The molecule has 0 aromatic heterocycles. The van der Waals surface area contributed by atoms with Gasteiger partial charge < -0.3 is 10.2 Å². The zero-order valence-electron chi connectivity index (χ0n) is 14.0. The number of hydrogen-bond acceptors (Lipinski definition) is 2. The minimum absolute atomic E-state index is 0.0275. The van der Waals surface area contributed by atoms with Crippen LogP contribution < -0.4 is 5.32 Å². The number of nitrogens with zero attached hydrogens (tertiary/aromatic N) is 1. The quantitative estimate of drug-likeness (QED) is 0.929. The molecule has 0 radical (unpaired) electrons. The van der Waals surface area contributed by atoms with E-state index in [4.69, 9.17) is 0 Å². The van der Waals surface area contributed by atoms with Crippen LogP contribution in [0.15, 0.2) is 54.6 Å². The first-order valence-electron chi connectivity index (χ1n) is 8.50. The highest BCUT2D eigenvalue weighted by molar-refractivity contribution is 5.93. The van der Waals surface area contributed by atoms with Crippen molar-refractivity contribution in [2.24, 2.45) is 5.92 Å². The van der Waals surface area contributed by atoms with Crippen LogP contribution in [0.1, 0.15) is 18.4 Å².